The first-order chi connectivity index (χ1) is 11.8. The monoisotopic (exact) mass is 355 g/mol. The molecule has 3 heterocycles. The second kappa shape index (κ2) is 6.50. The van der Waals surface area contributed by atoms with Gasteiger partial charge in [-0.3, -0.25) is 24.5 Å². The molecule has 136 valence electrons. The quantitative estimate of drug-likeness (QED) is 0.334. The molecule has 0 bridgehead atoms. The van der Waals surface area contributed by atoms with E-state index < -0.39 is 48.7 Å². The number of H-pyrrole nitrogens is 1. The summed E-state index contributed by atoms with van der Waals surface area (Å²) in [5.41, 5.74) is -0.747. The zero-order valence-corrected chi connectivity index (χ0v) is 13.0. The number of ether oxygens (including phenoxy) is 1. The van der Waals surface area contributed by atoms with Crippen LogP contribution in [0.4, 0.5) is 5.95 Å². The molecular formula is C13H17N5O7. The molecule has 2 aromatic heterocycles. The van der Waals surface area contributed by atoms with Crippen LogP contribution < -0.4 is 10.9 Å². The Morgan fingerprint density at radius 1 is 1.48 bits per heavy atom. The third-order valence-electron chi connectivity index (χ3n) is 3.84. The minimum absolute atomic E-state index is 0.0144. The van der Waals surface area contributed by atoms with Gasteiger partial charge in [0.05, 0.1) is 12.9 Å². The summed E-state index contributed by atoms with van der Waals surface area (Å²) >= 11 is 0. The summed E-state index contributed by atoms with van der Waals surface area (Å²) in [6.07, 6.45) is -4.98. The number of carbonyl (C=O) groups is 1. The Kier molecular flexibility index (Phi) is 4.53. The number of imidazole rings is 1. The predicted molar refractivity (Wildman–Crippen MR) is 81.5 cm³/mol. The zero-order chi connectivity index (χ0) is 18.3. The molecule has 5 unspecified atom stereocenters. The van der Waals surface area contributed by atoms with E-state index in [0.717, 1.165) is 0 Å². The number of aliphatic hydroxyl groups excluding tert-OH is 4. The number of nitrogens with zero attached hydrogens (tertiary/aromatic N) is 3. The van der Waals surface area contributed by atoms with E-state index in [2.05, 4.69) is 20.3 Å². The van der Waals surface area contributed by atoms with Gasteiger partial charge in [0, 0.05) is 0 Å². The molecule has 0 saturated carbocycles. The number of aromatic nitrogens is 4. The number of rotatable bonds is 4. The van der Waals surface area contributed by atoms with Crippen LogP contribution in [0.5, 0.6) is 0 Å². The van der Waals surface area contributed by atoms with Crippen molar-refractivity contribution in [3.63, 3.8) is 0 Å². The molecule has 25 heavy (non-hydrogen) atoms. The first kappa shape index (κ1) is 17.4. The van der Waals surface area contributed by atoms with Crippen LogP contribution in [0, 0.1) is 0 Å². The number of aliphatic hydroxyl groups is 4. The van der Waals surface area contributed by atoms with Crippen molar-refractivity contribution in [3.05, 3.63) is 16.7 Å². The maximum absolute atomic E-state index is 12.1. The fourth-order valence-electron chi connectivity index (χ4n) is 2.50. The molecule has 1 saturated heterocycles. The Bertz CT molecular complexity index is 847. The molecule has 1 aliphatic heterocycles. The first-order valence-corrected chi connectivity index (χ1v) is 7.41. The predicted octanol–water partition coefficient (Wildman–Crippen LogP) is -2.95. The number of anilines is 1. The van der Waals surface area contributed by atoms with Crippen LogP contribution in [0.1, 0.15) is 13.2 Å². The second-order valence-corrected chi connectivity index (χ2v) is 5.63. The molecule has 1 aliphatic rings. The molecule has 0 aliphatic carbocycles. The van der Waals surface area contributed by atoms with Crippen LogP contribution >= 0.6 is 0 Å². The fraction of sp³-hybridized carbons (Fsp3) is 0.538. The minimum atomic E-state index is -1.38. The van der Waals surface area contributed by atoms with E-state index >= 15 is 0 Å². The third-order valence-corrected chi connectivity index (χ3v) is 3.84. The smallest absolute Gasteiger partial charge is 0.280 e. The van der Waals surface area contributed by atoms with Crippen LogP contribution in [0.25, 0.3) is 11.2 Å². The molecule has 12 heteroatoms. The average Bonchev–Trinajstić information content (AvgIpc) is 3.10. The molecule has 1 amide bonds. The Morgan fingerprint density at radius 2 is 2.20 bits per heavy atom. The van der Waals surface area contributed by atoms with Gasteiger partial charge in [-0.2, -0.15) is 4.98 Å². The number of hydrogen-bond acceptors (Lipinski definition) is 9. The van der Waals surface area contributed by atoms with Gasteiger partial charge in [0.1, 0.15) is 24.4 Å². The fourth-order valence-corrected chi connectivity index (χ4v) is 2.50. The van der Waals surface area contributed by atoms with E-state index in [9.17, 15) is 24.9 Å². The van der Waals surface area contributed by atoms with Crippen molar-refractivity contribution in [3.8, 4) is 0 Å². The highest BCUT2D eigenvalue weighted by Gasteiger charge is 2.44. The van der Waals surface area contributed by atoms with Gasteiger partial charge in [-0.05, 0) is 6.92 Å². The lowest BCUT2D eigenvalue weighted by Crippen LogP contribution is -2.33. The van der Waals surface area contributed by atoms with Crippen molar-refractivity contribution >= 4 is 23.0 Å². The molecule has 0 radical (unpaired) electrons. The average molecular weight is 355 g/mol. The number of fused-ring (bicyclic) bond motifs is 1. The largest absolute Gasteiger partial charge is 0.394 e. The second-order valence-electron chi connectivity index (χ2n) is 5.63. The van der Waals surface area contributed by atoms with Gasteiger partial charge < -0.3 is 25.2 Å². The zero-order valence-electron chi connectivity index (χ0n) is 13.0. The Morgan fingerprint density at radius 3 is 2.80 bits per heavy atom. The van der Waals surface area contributed by atoms with Crippen molar-refractivity contribution in [1.29, 1.82) is 0 Å². The Hall–Kier alpha value is -2.38. The van der Waals surface area contributed by atoms with Gasteiger partial charge >= 0.3 is 0 Å². The number of aromatic amines is 1. The van der Waals surface area contributed by atoms with Crippen LogP contribution in [0.15, 0.2) is 11.1 Å². The van der Waals surface area contributed by atoms with Gasteiger partial charge in [0.15, 0.2) is 17.4 Å². The molecule has 5 atom stereocenters. The van der Waals surface area contributed by atoms with E-state index in [1.54, 1.807) is 0 Å². The van der Waals surface area contributed by atoms with Crippen molar-refractivity contribution < 1.29 is 30.0 Å². The van der Waals surface area contributed by atoms with Gasteiger partial charge in [0.2, 0.25) is 5.95 Å². The highest BCUT2D eigenvalue weighted by molar-refractivity contribution is 5.92. The van der Waals surface area contributed by atoms with E-state index in [4.69, 9.17) is 9.84 Å². The topological polar surface area (TPSA) is 183 Å². The lowest BCUT2D eigenvalue weighted by Gasteiger charge is -2.16. The molecule has 3 rings (SSSR count). The van der Waals surface area contributed by atoms with E-state index in [1.165, 1.54) is 17.8 Å². The van der Waals surface area contributed by atoms with Gasteiger partial charge in [-0.15, -0.1) is 0 Å². The molecular weight excluding hydrogens is 338 g/mol. The van der Waals surface area contributed by atoms with Crippen LogP contribution in [-0.2, 0) is 9.53 Å². The van der Waals surface area contributed by atoms with E-state index in [0.29, 0.717) is 0 Å². The highest BCUT2D eigenvalue weighted by atomic mass is 16.6. The highest BCUT2D eigenvalue weighted by Crippen LogP contribution is 2.30. The van der Waals surface area contributed by atoms with Gasteiger partial charge in [-0.1, -0.05) is 0 Å². The summed E-state index contributed by atoms with van der Waals surface area (Å²) in [4.78, 5) is 33.8. The Labute approximate surface area is 139 Å². The first-order valence-electron chi connectivity index (χ1n) is 7.41. The molecule has 1 fully saturated rings. The molecule has 0 aromatic carbocycles. The third kappa shape index (κ3) is 3.01. The maximum atomic E-state index is 12.1. The van der Waals surface area contributed by atoms with Crippen molar-refractivity contribution in [2.45, 2.75) is 37.6 Å². The number of hydrogen-bond donors (Lipinski definition) is 6. The molecule has 12 nitrogen and oxygen atoms in total. The SMILES string of the molecule is CC(O)C(=O)Nc1nc2c(ncn2C2OC(CO)C(O)C2O)c(=O)[nH]1. The van der Waals surface area contributed by atoms with Crippen LogP contribution in [0.3, 0.4) is 0 Å². The lowest BCUT2D eigenvalue weighted by atomic mass is 10.1. The summed E-state index contributed by atoms with van der Waals surface area (Å²) in [6.45, 7) is 0.737. The minimum Gasteiger partial charge on any atom is -0.394 e. The Balaban J connectivity index is 2.01. The van der Waals surface area contributed by atoms with E-state index in [1.807, 2.05) is 0 Å². The summed E-state index contributed by atoms with van der Waals surface area (Å²) in [5, 5.41) is 40.6. The summed E-state index contributed by atoms with van der Waals surface area (Å²) in [6, 6.07) is 0. The standard InChI is InChI=1S/C13H17N5O7/c1-4(20)10(23)16-13-15-9-6(11(24)17-13)14-3-18(9)12-8(22)7(21)5(2-19)25-12/h3-5,7-8,12,19-22H,2H2,1H3,(H2,15,16,17,23,24). The number of amides is 1. The summed E-state index contributed by atoms with van der Waals surface area (Å²) in [5.74, 6) is -1.00. The summed E-state index contributed by atoms with van der Waals surface area (Å²) < 4.78 is 6.59. The van der Waals surface area contributed by atoms with Crippen molar-refractivity contribution in [2.24, 2.45) is 0 Å². The molecule has 6 N–H and O–H groups in total. The van der Waals surface area contributed by atoms with Gasteiger partial charge in [-0.25, -0.2) is 4.98 Å². The van der Waals surface area contributed by atoms with Crippen molar-refractivity contribution in [2.75, 3.05) is 11.9 Å². The van der Waals surface area contributed by atoms with Crippen LogP contribution in [0.2, 0.25) is 0 Å². The maximum Gasteiger partial charge on any atom is 0.280 e. The molecule has 0 spiro atoms. The number of carbonyl (C=O) groups excluding carboxylic acids is 1. The molecule has 2 aromatic rings. The normalized spacial score (nSPS) is 27.6. The van der Waals surface area contributed by atoms with E-state index in [-0.39, 0.29) is 17.1 Å². The van der Waals surface area contributed by atoms with Crippen LogP contribution in [-0.4, -0.2) is 76.9 Å². The van der Waals surface area contributed by atoms with Crippen molar-refractivity contribution in [1.82, 2.24) is 19.5 Å². The number of nitrogens with one attached hydrogen (secondary N) is 2. The lowest BCUT2D eigenvalue weighted by molar-refractivity contribution is -0.123. The van der Waals surface area contributed by atoms with Gasteiger partial charge in [0.25, 0.3) is 11.5 Å². The summed E-state index contributed by atoms with van der Waals surface area (Å²) in [7, 11) is 0.